The quantitative estimate of drug-likeness (QED) is 0.521. The minimum atomic E-state index is -0.408. The maximum absolute atomic E-state index is 12.7. The van der Waals surface area contributed by atoms with E-state index in [0.29, 0.717) is 16.9 Å². The highest BCUT2D eigenvalue weighted by Gasteiger charge is 2.14. The van der Waals surface area contributed by atoms with Crippen LogP contribution >= 0.6 is 0 Å². The van der Waals surface area contributed by atoms with Crippen LogP contribution in [0, 0.1) is 13.8 Å². The van der Waals surface area contributed by atoms with Crippen LogP contribution in [-0.4, -0.2) is 21.8 Å². The molecular weight excluding hydrogens is 376 g/mol. The number of pyridine rings is 2. The van der Waals surface area contributed by atoms with Gasteiger partial charge in [-0.2, -0.15) is 0 Å². The summed E-state index contributed by atoms with van der Waals surface area (Å²) in [5.74, 6) is -0.782. The summed E-state index contributed by atoms with van der Waals surface area (Å²) in [4.78, 5) is 34.0. The molecule has 0 radical (unpaired) electrons. The molecule has 30 heavy (non-hydrogen) atoms. The molecular formula is C24H20N4O2. The van der Waals surface area contributed by atoms with Crippen molar-refractivity contribution >= 4 is 34.1 Å². The van der Waals surface area contributed by atoms with Crippen LogP contribution < -0.4 is 10.6 Å². The number of fused-ring (bicyclic) bond motifs is 1. The lowest BCUT2D eigenvalue weighted by Gasteiger charge is -2.09. The Balaban J connectivity index is 1.55. The molecule has 0 bridgehead atoms. The third-order valence-electron chi connectivity index (χ3n) is 4.57. The third kappa shape index (κ3) is 4.17. The van der Waals surface area contributed by atoms with Gasteiger partial charge in [-0.3, -0.25) is 14.6 Å². The first-order valence-electron chi connectivity index (χ1n) is 9.51. The second-order valence-corrected chi connectivity index (χ2v) is 7.07. The molecule has 2 heterocycles. The van der Waals surface area contributed by atoms with E-state index in [0.717, 1.165) is 16.5 Å². The van der Waals surface area contributed by atoms with Crippen LogP contribution in [0.3, 0.4) is 0 Å². The number of anilines is 2. The smallest absolute Gasteiger partial charge is 0.274 e. The number of amides is 2. The van der Waals surface area contributed by atoms with Crippen LogP contribution in [0.5, 0.6) is 0 Å². The largest absolute Gasteiger partial charge is 0.321 e. The monoisotopic (exact) mass is 396 g/mol. The fourth-order valence-electron chi connectivity index (χ4n) is 3.32. The van der Waals surface area contributed by atoms with E-state index in [1.165, 1.54) is 0 Å². The van der Waals surface area contributed by atoms with Crippen molar-refractivity contribution < 1.29 is 9.59 Å². The Morgan fingerprint density at radius 2 is 1.40 bits per heavy atom. The number of aryl methyl sites for hydroxylation is 2. The number of benzene rings is 2. The molecule has 2 N–H and O–H groups in total. The maximum atomic E-state index is 12.7. The first-order valence-corrected chi connectivity index (χ1v) is 9.51. The summed E-state index contributed by atoms with van der Waals surface area (Å²) < 4.78 is 0. The van der Waals surface area contributed by atoms with Crippen LogP contribution in [0.2, 0.25) is 0 Å². The van der Waals surface area contributed by atoms with Crippen LogP contribution in [0.15, 0.2) is 72.9 Å². The number of nitrogens with one attached hydrogen (secondary N) is 2. The fourth-order valence-corrected chi connectivity index (χ4v) is 3.32. The second-order valence-electron chi connectivity index (χ2n) is 7.07. The molecule has 4 rings (SSSR count). The van der Waals surface area contributed by atoms with Crippen LogP contribution in [-0.2, 0) is 0 Å². The second kappa shape index (κ2) is 8.13. The van der Waals surface area contributed by atoms with Crippen molar-refractivity contribution in [3.8, 4) is 0 Å². The molecule has 6 nitrogen and oxygen atoms in total. The molecule has 0 atom stereocenters. The summed E-state index contributed by atoms with van der Waals surface area (Å²) in [6, 6.07) is 19.9. The molecule has 2 aromatic carbocycles. The zero-order valence-electron chi connectivity index (χ0n) is 16.6. The van der Waals surface area contributed by atoms with Crippen LogP contribution in [0.4, 0.5) is 11.4 Å². The zero-order chi connectivity index (χ0) is 21.1. The molecule has 4 aromatic rings. The SMILES string of the molecule is Cc1cc(C)cc(NC(=O)c2cccc(C(=O)Nc3cccc4cccnc34)n2)c1. The van der Waals surface area contributed by atoms with Crippen molar-refractivity contribution in [2.75, 3.05) is 10.6 Å². The number of para-hydroxylation sites is 1. The molecule has 6 heteroatoms. The number of hydrogen-bond donors (Lipinski definition) is 2. The topological polar surface area (TPSA) is 84.0 Å². The Hall–Kier alpha value is -4.06. The van der Waals surface area contributed by atoms with E-state index in [1.54, 1.807) is 30.5 Å². The van der Waals surface area contributed by atoms with Crippen LogP contribution in [0.1, 0.15) is 32.1 Å². The van der Waals surface area contributed by atoms with Crippen molar-refractivity contribution in [2.24, 2.45) is 0 Å². The van der Waals surface area contributed by atoms with E-state index in [4.69, 9.17) is 0 Å². The minimum absolute atomic E-state index is 0.149. The summed E-state index contributed by atoms with van der Waals surface area (Å²) >= 11 is 0. The van der Waals surface area contributed by atoms with Gasteiger partial charge in [0.2, 0.25) is 0 Å². The third-order valence-corrected chi connectivity index (χ3v) is 4.57. The van der Waals surface area contributed by atoms with Gasteiger partial charge in [0.05, 0.1) is 11.2 Å². The average molecular weight is 396 g/mol. The minimum Gasteiger partial charge on any atom is -0.321 e. The number of aromatic nitrogens is 2. The molecule has 148 valence electrons. The van der Waals surface area contributed by atoms with Gasteiger partial charge in [0, 0.05) is 17.3 Å². The summed E-state index contributed by atoms with van der Waals surface area (Å²) in [5.41, 5.74) is 4.39. The first-order chi connectivity index (χ1) is 14.5. The lowest BCUT2D eigenvalue weighted by molar-refractivity contribution is 0.101. The predicted octanol–water partition coefficient (Wildman–Crippen LogP) is 4.75. The summed E-state index contributed by atoms with van der Waals surface area (Å²) in [5, 5.41) is 6.59. The lowest BCUT2D eigenvalue weighted by Crippen LogP contribution is -2.18. The predicted molar refractivity (Wildman–Crippen MR) is 118 cm³/mol. The molecule has 0 spiro atoms. The molecule has 2 aromatic heterocycles. The van der Waals surface area contributed by atoms with E-state index in [1.807, 2.05) is 56.3 Å². The summed E-state index contributed by atoms with van der Waals surface area (Å²) in [6.07, 6.45) is 1.67. The highest BCUT2D eigenvalue weighted by atomic mass is 16.2. The number of carbonyl (C=O) groups excluding carboxylic acids is 2. The van der Waals surface area contributed by atoms with Gasteiger partial charge >= 0.3 is 0 Å². The summed E-state index contributed by atoms with van der Waals surface area (Å²) in [6.45, 7) is 3.93. The van der Waals surface area contributed by atoms with Crippen molar-refractivity contribution in [1.82, 2.24) is 9.97 Å². The van der Waals surface area contributed by atoms with Crippen molar-refractivity contribution in [3.63, 3.8) is 0 Å². The standard InChI is InChI=1S/C24H20N4O2/c1-15-12-16(2)14-18(13-15)26-23(29)20-9-4-10-21(27-20)24(30)28-19-8-3-6-17-7-5-11-25-22(17)19/h3-14H,1-2H3,(H,26,29)(H,28,30). The molecule has 0 aliphatic carbocycles. The van der Waals surface area contributed by atoms with E-state index in [2.05, 4.69) is 20.6 Å². The van der Waals surface area contributed by atoms with Gasteiger partial charge in [-0.05, 0) is 61.4 Å². The van der Waals surface area contributed by atoms with E-state index < -0.39 is 5.91 Å². The molecule has 0 unspecified atom stereocenters. The number of carbonyl (C=O) groups is 2. The molecule has 0 aliphatic rings. The number of hydrogen-bond acceptors (Lipinski definition) is 4. The Morgan fingerprint density at radius 3 is 2.13 bits per heavy atom. The zero-order valence-corrected chi connectivity index (χ0v) is 16.6. The number of nitrogens with zero attached hydrogens (tertiary/aromatic N) is 2. The Morgan fingerprint density at radius 1 is 0.767 bits per heavy atom. The molecule has 0 saturated heterocycles. The Kier molecular flexibility index (Phi) is 5.22. The van der Waals surface area contributed by atoms with Gasteiger partial charge in [-0.1, -0.05) is 30.3 Å². The van der Waals surface area contributed by atoms with Gasteiger partial charge in [-0.25, -0.2) is 4.98 Å². The van der Waals surface area contributed by atoms with Gasteiger partial charge in [0.1, 0.15) is 11.4 Å². The molecule has 2 amide bonds. The van der Waals surface area contributed by atoms with E-state index in [9.17, 15) is 9.59 Å². The summed E-state index contributed by atoms with van der Waals surface area (Å²) in [7, 11) is 0. The van der Waals surface area contributed by atoms with E-state index in [-0.39, 0.29) is 17.3 Å². The van der Waals surface area contributed by atoms with Gasteiger partial charge in [-0.15, -0.1) is 0 Å². The van der Waals surface area contributed by atoms with Gasteiger partial charge in [0.15, 0.2) is 0 Å². The molecule has 0 fully saturated rings. The highest BCUT2D eigenvalue weighted by molar-refractivity contribution is 6.08. The maximum Gasteiger partial charge on any atom is 0.274 e. The molecule has 0 aliphatic heterocycles. The van der Waals surface area contributed by atoms with Gasteiger partial charge < -0.3 is 10.6 Å². The first kappa shape index (κ1) is 19.3. The fraction of sp³-hybridized carbons (Fsp3) is 0.0833. The van der Waals surface area contributed by atoms with Gasteiger partial charge in [0.25, 0.3) is 11.8 Å². The normalized spacial score (nSPS) is 10.6. The van der Waals surface area contributed by atoms with Crippen molar-refractivity contribution in [3.05, 3.63) is 95.4 Å². The van der Waals surface area contributed by atoms with E-state index >= 15 is 0 Å². The number of rotatable bonds is 4. The molecule has 0 saturated carbocycles. The lowest BCUT2D eigenvalue weighted by atomic mass is 10.1. The Bertz CT molecular complexity index is 1240. The highest BCUT2D eigenvalue weighted by Crippen LogP contribution is 2.21. The van der Waals surface area contributed by atoms with Crippen molar-refractivity contribution in [2.45, 2.75) is 13.8 Å². The average Bonchev–Trinajstić information content (AvgIpc) is 2.73. The van der Waals surface area contributed by atoms with Crippen molar-refractivity contribution in [1.29, 1.82) is 0 Å². The van der Waals surface area contributed by atoms with Crippen LogP contribution in [0.25, 0.3) is 10.9 Å². The Labute approximate surface area is 174 Å².